The van der Waals surface area contributed by atoms with Crippen LogP contribution in [0.3, 0.4) is 0 Å². The van der Waals surface area contributed by atoms with Crippen molar-refractivity contribution in [2.45, 2.75) is 57.3 Å². The van der Waals surface area contributed by atoms with Gasteiger partial charge in [0.1, 0.15) is 6.17 Å². The fourth-order valence-corrected chi connectivity index (χ4v) is 4.12. The highest BCUT2D eigenvalue weighted by Gasteiger charge is 2.56. The average Bonchev–Trinajstić information content (AvgIpc) is 3.23. The zero-order chi connectivity index (χ0) is 15.2. The Hall–Kier alpha value is -1.34. The van der Waals surface area contributed by atoms with Crippen molar-refractivity contribution < 1.29 is 9.50 Å². The first-order chi connectivity index (χ1) is 9.97. The van der Waals surface area contributed by atoms with Gasteiger partial charge >= 0.3 is 0 Å². The first kappa shape index (κ1) is 14.6. The second-order valence-electron chi connectivity index (χ2n) is 6.96. The first-order valence-corrected chi connectivity index (χ1v) is 7.91. The lowest BCUT2D eigenvalue weighted by atomic mass is 9.82. The Morgan fingerprint density at radius 1 is 1.43 bits per heavy atom. The first-order valence-electron chi connectivity index (χ1n) is 7.91. The summed E-state index contributed by atoms with van der Waals surface area (Å²) in [6, 6.07) is 1.97. The summed E-state index contributed by atoms with van der Waals surface area (Å²) >= 11 is 0. The summed E-state index contributed by atoms with van der Waals surface area (Å²) in [5.41, 5.74) is 0.508. The third-order valence-electron chi connectivity index (χ3n) is 5.20. The summed E-state index contributed by atoms with van der Waals surface area (Å²) in [6.07, 6.45) is 5.48. The van der Waals surface area contributed by atoms with E-state index in [-0.39, 0.29) is 18.0 Å². The molecule has 2 aliphatic carbocycles. The van der Waals surface area contributed by atoms with E-state index in [0.29, 0.717) is 11.8 Å². The highest BCUT2D eigenvalue weighted by molar-refractivity contribution is 5.36. The Bertz CT molecular complexity index is 529. The molecule has 0 aromatic carbocycles. The molecule has 1 saturated heterocycles. The van der Waals surface area contributed by atoms with Gasteiger partial charge in [0.2, 0.25) is 0 Å². The van der Waals surface area contributed by atoms with Crippen molar-refractivity contribution in [3.05, 3.63) is 23.4 Å². The standard InChI is InChI=1S/C17H23FN2O/c1-11(2)16-17(21,13-4-5-13)7-8-20(16)14-6-3-12(10-19)15(18)9-14/h3,6,11,13,15-16,21H,4-5,7-9H2,1-2H3/t15?,16-,17+/m0/s1. The van der Waals surface area contributed by atoms with Crippen LogP contribution in [-0.4, -0.2) is 34.4 Å². The van der Waals surface area contributed by atoms with Gasteiger partial charge in [0, 0.05) is 18.7 Å². The molecule has 1 heterocycles. The molecule has 0 radical (unpaired) electrons. The minimum Gasteiger partial charge on any atom is -0.387 e. The van der Waals surface area contributed by atoms with E-state index in [2.05, 4.69) is 18.7 Å². The molecule has 1 aliphatic heterocycles. The number of nitriles is 1. The predicted octanol–water partition coefficient (Wildman–Crippen LogP) is 2.93. The van der Waals surface area contributed by atoms with E-state index in [1.54, 1.807) is 6.08 Å². The molecule has 3 atom stereocenters. The van der Waals surface area contributed by atoms with Crippen LogP contribution in [0.5, 0.6) is 0 Å². The molecule has 0 spiro atoms. The fourth-order valence-electron chi connectivity index (χ4n) is 4.12. The van der Waals surface area contributed by atoms with Crippen LogP contribution in [0, 0.1) is 23.2 Å². The van der Waals surface area contributed by atoms with Crippen LogP contribution in [0.1, 0.15) is 39.5 Å². The molecule has 1 unspecified atom stereocenters. The maximum absolute atomic E-state index is 14.0. The summed E-state index contributed by atoms with van der Waals surface area (Å²) in [7, 11) is 0. The van der Waals surface area contributed by atoms with E-state index in [0.717, 1.165) is 31.5 Å². The Morgan fingerprint density at radius 2 is 2.14 bits per heavy atom. The lowest BCUT2D eigenvalue weighted by molar-refractivity contribution is -0.0283. The molecule has 0 aromatic rings. The highest BCUT2D eigenvalue weighted by atomic mass is 19.1. The van der Waals surface area contributed by atoms with Crippen molar-refractivity contribution >= 4 is 0 Å². The van der Waals surface area contributed by atoms with Crippen molar-refractivity contribution in [3.8, 4) is 6.07 Å². The van der Waals surface area contributed by atoms with Crippen LogP contribution < -0.4 is 0 Å². The Morgan fingerprint density at radius 3 is 2.67 bits per heavy atom. The van der Waals surface area contributed by atoms with Crippen molar-refractivity contribution in [2.24, 2.45) is 11.8 Å². The molecule has 0 amide bonds. The SMILES string of the molecule is CC(C)[C@@H]1N(C2=CC=C(C#N)C(F)C2)CC[C@@]1(O)C1CC1. The monoisotopic (exact) mass is 290 g/mol. The number of alkyl halides is 1. The zero-order valence-electron chi connectivity index (χ0n) is 12.7. The number of nitrogens with zero attached hydrogens (tertiary/aromatic N) is 2. The second kappa shape index (κ2) is 5.14. The maximum Gasteiger partial charge on any atom is 0.140 e. The number of likely N-dealkylation sites (tertiary alicyclic amines) is 1. The van der Waals surface area contributed by atoms with Gasteiger partial charge in [-0.2, -0.15) is 5.26 Å². The van der Waals surface area contributed by atoms with Gasteiger partial charge in [-0.05, 0) is 43.3 Å². The van der Waals surface area contributed by atoms with Crippen LogP contribution >= 0.6 is 0 Å². The summed E-state index contributed by atoms with van der Waals surface area (Å²) in [4.78, 5) is 2.19. The van der Waals surface area contributed by atoms with Gasteiger partial charge in [-0.25, -0.2) is 4.39 Å². The predicted molar refractivity (Wildman–Crippen MR) is 78.9 cm³/mol. The van der Waals surface area contributed by atoms with Gasteiger partial charge in [0.05, 0.1) is 23.3 Å². The number of hydrogen-bond donors (Lipinski definition) is 1. The molecular formula is C17H23FN2O. The second-order valence-corrected chi connectivity index (χ2v) is 6.96. The lowest BCUT2D eigenvalue weighted by Crippen LogP contribution is -2.49. The summed E-state index contributed by atoms with van der Waals surface area (Å²) in [6.45, 7) is 5.04. The van der Waals surface area contributed by atoms with Crippen molar-refractivity contribution in [3.63, 3.8) is 0 Å². The highest BCUT2D eigenvalue weighted by Crippen LogP contribution is 2.50. The smallest absolute Gasteiger partial charge is 0.140 e. The van der Waals surface area contributed by atoms with Crippen LogP contribution in [0.2, 0.25) is 0 Å². The molecule has 3 nitrogen and oxygen atoms in total. The number of allylic oxidation sites excluding steroid dienone is 4. The number of halogens is 1. The Kier molecular flexibility index (Phi) is 3.57. The van der Waals surface area contributed by atoms with Crippen molar-refractivity contribution in [1.29, 1.82) is 5.26 Å². The van der Waals surface area contributed by atoms with E-state index >= 15 is 0 Å². The summed E-state index contributed by atoms with van der Waals surface area (Å²) in [5, 5.41) is 20.0. The molecule has 114 valence electrons. The lowest BCUT2D eigenvalue weighted by Gasteiger charge is -2.40. The van der Waals surface area contributed by atoms with E-state index in [4.69, 9.17) is 5.26 Å². The van der Waals surface area contributed by atoms with Gasteiger partial charge in [-0.15, -0.1) is 0 Å². The van der Waals surface area contributed by atoms with Gasteiger partial charge < -0.3 is 10.0 Å². The van der Waals surface area contributed by atoms with Gasteiger partial charge in [0.15, 0.2) is 0 Å². The summed E-state index contributed by atoms with van der Waals surface area (Å²) in [5.74, 6) is 0.726. The minimum absolute atomic E-state index is 0.0560. The number of rotatable bonds is 3. The molecular weight excluding hydrogens is 267 g/mol. The molecule has 3 aliphatic rings. The maximum atomic E-state index is 14.0. The topological polar surface area (TPSA) is 47.3 Å². The molecule has 0 aromatic heterocycles. The van der Waals surface area contributed by atoms with E-state index < -0.39 is 11.8 Å². The van der Waals surface area contributed by atoms with E-state index in [9.17, 15) is 9.50 Å². The van der Waals surface area contributed by atoms with E-state index in [1.165, 1.54) is 0 Å². The van der Waals surface area contributed by atoms with Crippen LogP contribution in [-0.2, 0) is 0 Å². The van der Waals surface area contributed by atoms with Crippen LogP contribution in [0.25, 0.3) is 0 Å². The van der Waals surface area contributed by atoms with E-state index in [1.807, 2.05) is 12.1 Å². The molecule has 21 heavy (non-hydrogen) atoms. The fraction of sp³-hybridized carbons (Fsp3) is 0.706. The largest absolute Gasteiger partial charge is 0.387 e. The molecule has 3 rings (SSSR count). The summed E-state index contributed by atoms with van der Waals surface area (Å²) < 4.78 is 14.0. The number of aliphatic hydroxyl groups is 1. The third kappa shape index (κ3) is 2.38. The van der Waals surface area contributed by atoms with Crippen molar-refractivity contribution in [2.75, 3.05) is 6.54 Å². The van der Waals surface area contributed by atoms with Gasteiger partial charge in [0.25, 0.3) is 0 Å². The Labute approximate surface area is 125 Å². The quantitative estimate of drug-likeness (QED) is 0.869. The molecule has 2 fully saturated rings. The molecule has 1 N–H and O–H groups in total. The minimum atomic E-state index is -1.21. The molecule has 0 bridgehead atoms. The molecule has 4 heteroatoms. The zero-order valence-corrected chi connectivity index (χ0v) is 12.7. The normalized spacial score (nSPS) is 36.5. The van der Waals surface area contributed by atoms with Crippen molar-refractivity contribution in [1.82, 2.24) is 4.90 Å². The molecule has 1 saturated carbocycles. The third-order valence-corrected chi connectivity index (χ3v) is 5.20. The average molecular weight is 290 g/mol. The van der Waals surface area contributed by atoms with Crippen LogP contribution in [0.15, 0.2) is 23.4 Å². The van der Waals surface area contributed by atoms with Crippen LogP contribution in [0.4, 0.5) is 4.39 Å². The van der Waals surface area contributed by atoms with Gasteiger partial charge in [-0.3, -0.25) is 0 Å². The van der Waals surface area contributed by atoms with Gasteiger partial charge in [-0.1, -0.05) is 13.8 Å². The number of hydrogen-bond acceptors (Lipinski definition) is 3. The Balaban J connectivity index is 1.87.